The first kappa shape index (κ1) is 6.16. The molecule has 56 valence electrons. The molecule has 2 heterocycles. The minimum atomic E-state index is 0.0388. The molecule has 0 aliphatic carbocycles. The fraction of sp³-hybridized carbons (Fsp3) is 0.857. The van der Waals surface area contributed by atoms with Gasteiger partial charge in [-0.05, 0) is 12.8 Å². The average molecular weight is 141 g/mol. The number of ether oxygens (including phenoxy) is 1. The van der Waals surface area contributed by atoms with Gasteiger partial charge in [0.05, 0.1) is 12.1 Å². The van der Waals surface area contributed by atoms with Crippen molar-refractivity contribution in [3.8, 4) is 0 Å². The molecule has 2 aliphatic rings. The summed E-state index contributed by atoms with van der Waals surface area (Å²) in [6.07, 6.45) is 2.65. The van der Waals surface area contributed by atoms with Crippen LogP contribution in [0.3, 0.4) is 0 Å². The van der Waals surface area contributed by atoms with Crippen LogP contribution in [0.25, 0.3) is 0 Å². The zero-order chi connectivity index (χ0) is 7.03. The smallest absolute Gasteiger partial charge is 0.220 e. The Balaban J connectivity index is 2.09. The lowest BCUT2D eigenvalue weighted by Crippen LogP contribution is -2.41. The molecule has 1 unspecified atom stereocenters. The lowest BCUT2D eigenvalue weighted by molar-refractivity contribution is -0.119. The van der Waals surface area contributed by atoms with E-state index < -0.39 is 0 Å². The van der Waals surface area contributed by atoms with Crippen LogP contribution in [0.15, 0.2) is 0 Å². The zero-order valence-corrected chi connectivity index (χ0v) is 5.85. The molecule has 0 saturated carbocycles. The van der Waals surface area contributed by atoms with E-state index in [-0.39, 0.29) is 11.4 Å². The van der Waals surface area contributed by atoms with Crippen LogP contribution in [0.4, 0.5) is 0 Å². The molecule has 3 nitrogen and oxygen atoms in total. The third-order valence-electron chi connectivity index (χ3n) is 2.34. The highest BCUT2D eigenvalue weighted by molar-refractivity contribution is 5.79. The highest BCUT2D eigenvalue weighted by atomic mass is 16.5. The maximum atomic E-state index is 10.8. The summed E-state index contributed by atoms with van der Waals surface area (Å²) in [6, 6.07) is 0. The van der Waals surface area contributed by atoms with Gasteiger partial charge in [0.1, 0.15) is 0 Å². The van der Waals surface area contributed by atoms with Crippen LogP contribution in [0.2, 0.25) is 0 Å². The molecule has 1 N–H and O–H groups in total. The average Bonchev–Trinajstić information content (AvgIpc) is 2.46. The van der Waals surface area contributed by atoms with Crippen LogP contribution in [-0.2, 0) is 9.53 Å². The van der Waals surface area contributed by atoms with Crippen molar-refractivity contribution in [1.29, 1.82) is 0 Å². The first-order valence-electron chi connectivity index (χ1n) is 3.70. The molecule has 2 rings (SSSR count). The normalized spacial score (nSPS) is 39.0. The van der Waals surface area contributed by atoms with E-state index in [0.29, 0.717) is 6.42 Å². The van der Waals surface area contributed by atoms with Crippen molar-refractivity contribution in [2.45, 2.75) is 24.8 Å². The highest BCUT2D eigenvalue weighted by Gasteiger charge is 2.40. The first-order valence-corrected chi connectivity index (χ1v) is 3.70. The Morgan fingerprint density at radius 2 is 2.40 bits per heavy atom. The van der Waals surface area contributed by atoms with Crippen molar-refractivity contribution >= 4 is 5.91 Å². The lowest BCUT2D eigenvalue weighted by atomic mass is 9.97. The Morgan fingerprint density at radius 1 is 1.50 bits per heavy atom. The predicted molar refractivity (Wildman–Crippen MR) is 35.5 cm³/mol. The zero-order valence-electron chi connectivity index (χ0n) is 5.85. The van der Waals surface area contributed by atoms with Gasteiger partial charge in [0, 0.05) is 13.0 Å². The van der Waals surface area contributed by atoms with Gasteiger partial charge in [0.2, 0.25) is 5.91 Å². The number of rotatable bonds is 0. The van der Waals surface area contributed by atoms with E-state index in [2.05, 4.69) is 5.32 Å². The summed E-state index contributed by atoms with van der Waals surface area (Å²) in [4.78, 5) is 10.8. The molecule has 1 amide bonds. The van der Waals surface area contributed by atoms with Crippen molar-refractivity contribution in [2.24, 2.45) is 0 Å². The monoisotopic (exact) mass is 141 g/mol. The third kappa shape index (κ3) is 0.814. The molecule has 2 fully saturated rings. The highest BCUT2D eigenvalue weighted by Crippen LogP contribution is 2.28. The van der Waals surface area contributed by atoms with Crippen molar-refractivity contribution < 1.29 is 9.53 Å². The summed E-state index contributed by atoms with van der Waals surface area (Å²) in [5, 5.41) is 2.97. The molecule has 2 saturated heterocycles. The quantitative estimate of drug-likeness (QED) is 0.518. The summed E-state index contributed by atoms with van der Waals surface area (Å²) in [5.74, 6) is 0.186. The predicted octanol–water partition coefficient (Wildman–Crippen LogP) is 0.0555. The molecular formula is C7H11NO2. The maximum Gasteiger partial charge on any atom is 0.220 e. The maximum absolute atomic E-state index is 10.8. The fourth-order valence-electron chi connectivity index (χ4n) is 1.68. The summed E-state index contributed by atoms with van der Waals surface area (Å²) in [6.45, 7) is 1.53. The minimum absolute atomic E-state index is 0.0388. The van der Waals surface area contributed by atoms with Gasteiger partial charge in [-0.1, -0.05) is 0 Å². The fourth-order valence-corrected chi connectivity index (χ4v) is 1.68. The van der Waals surface area contributed by atoms with Gasteiger partial charge < -0.3 is 10.1 Å². The topological polar surface area (TPSA) is 38.3 Å². The van der Waals surface area contributed by atoms with Gasteiger partial charge in [-0.3, -0.25) is 4.79 Å². The van der Waals surface area contributed by atoms with E-state index in [1.54, 1.807) is 0 Å². The van der Waals surface area contributed by atoms with E-state index in [1.807, 2.05) is 0 Å². The molecule has 0 aromatic heterocycles. The standard InChI is InChI=1S/C7H11NO2/c9-6-1-2-7(8-6)3-4-10-5-7/h1-5H2,(H,8,9). The van der Waals surface area contributed by atoms with Crippen molar-refractivity contribution in [3.05, 3.63) is 0 Å². The van der Waals surface area contributed by atoms with E-state index in [9.17, 15) is 4.79 Å². The van der Waals surface area contributed by atoms with Crippen LogP contribution in [0.5, 0.6) is 0 Å². The SMILES string of the molecule is O=C1CCC2(CCOC2)N1. The van der Waals surface area contributed by atoms with Crippen molar-refractivity contribution in [1.82, 2.24) is 5.32 Å². The largest absolute Gasteiger partial charge is 0.379 e. The Morgan fingerprint density at radius 3 is 2.90 bits per heavy atom. The Labute approximate surface area is 59.7 Å². The number of carbonyl (C=O) groups is 1. The van der Waals surface area contributed by atoms with E-state index >= 15 is 0 Å². The van der Waals surface area contributed by atoms with E-state index in [4.69, 9.17) is 4.74 Å². The van der Waals surface area contributed by atoms with Crippen LogP contribution in [0, 0.1) is 0 Å². The summed E-state index contributed by atoms with van der Waals surface area (Å²) < 4.78 is 5.22. The number of nitrogens with one attached hydrogen (secondary N) is 1. The number of hydrogen-bond acceptors (Lipinski definition) is 2. The molecule has 0 radical (unpaired) electrons. The van der Waals surface area contributed by atoms with E-state index in [1.165, 1.54) is 0 Å². The molecule has 1 atom stereocenters. The van der Waals surface area contributed by atoms with Gasteiger partial charge in [-0.25, -0.2) is 0 Å². The number of hydrogen-bond donors (Lipinski definition) is 1. The van der Waals surface area contributed by atoms with Crippen LogP contribution < -0.4 is 5.32 Å². The summed E-state index contributed by atoms with van der Waals surface area (Å²) >= 11 is 0. The molecule has 10 heavy (non-hydrogen) atoms. The second-order valence-electron chi connectivity index (χ2n) is 3.13. The molecule has 2 aliphatic heterocycles. The van der Waals surface area contributed by atoms with Gasteiger partial charge in [-0.15, -0.1) is 0 Å². The van der Waals surface area contributed by atoms with Crippen LogP contribution in [0.1, 0.15) is 19.3 Å². The lowest BCUT2D eigenvalue weighted by Gasteiger charge is -2.19. The summed E-state index contributed by atoms with van der Waals surface area (Å²) in [5.41, 5.74) is 0.0388. The molecule has 0 aromatic carbocycles. The van der Waals surface area contributed by atoms with Crippen molar-refractivity contribution in [3.63, 3.8) is 0 Å². The van der Waals surface area contributed by atoms with Gasteiger partial charge in [0.25, 0.3) is 0 Å². The van der Waals surface area contributed by atoms with Gasteiger partial charge >= 0.3 is 0 Å². The molecule has 0 aromatic rings. The molecule has 0 bridgehead atoms. The molecular weight excluding hydrogens is 130 g/mol. The van der Waals surface area contributed by atoms with Crippen LogP contribution >= 0.6 is 0 Å². The minimum Gasteiger partial charge on any atom is -0.379 e. The van der Waals surface area contributed by atoms with Crippen LogP contribution in [-0.4, -0.2) is 24.7 Å². The van der Waals surface area contributed by atoms with E-state index in [0.717, 1.165) is 26.1 Å². The Bertz CT molecular complexity index is 161. The molecule has 3 heteroatoms. The van der Waals surface area contributed by atoms with Gasteiger partial charge in [-0.2, -0.15) is 0 Å². The Kier molecular flexibility index (Phi) is 1.20. The first-order chi connectivity index (χ1) is 4.81. The van der Waals surface area contributed by atoms with Gasteiger partial charge in [0.15, 0.2) is 0 Å². The number of amides is 1. The second-order valence-corrected chi connectivity index (χ2v) is 3.13. The second kappa shape index (κ2) is 1.95. The summed E-state index contributed by atoms with van der Waals surface area (Å²) in [7, 11) is 0. The third-order valence-corrected chi connectivity index (χ3v) is 2.34. The Hall–Kier alpha value is -0.570. The number of carbonyl (C=O) groups excluding carboxylic acids is 1. The van der Waals surface area contributed by atoms with Crippen molar-refractivity contribution in [2.75, 3.05) is 13.2 Å². The molecule has 1 spiro atoms.